The van der Waals surface area contributed by atoms with Crippen LogP contribution in [0.5, 0.6) is 11.5 Å². The summed E-state index contributed by atoms with van der Waals surface area (Å²) >= 11 is 17.6. The second-order valence-corrected chi connectivity index (χ2v) is 5.00. The zero-order valence-electron chi connectivity index (χ0n) is 9.99. The van der Waals surface area contributed by atoms with E-state index in [0.29, 0.717) is 30.5 Å². The summed E-state index contributed by atoms with van der Waals surface area (Å²) in [5.41, 5.74) is 0.724. The van der Waals surface area contributed by atoms with Crippen LogP contribution >= 0.6 is 34.8 Å². The van der Waals surface area contributed by atoms with Gasteiger partial charge < -0.3 is 14.8 Å². The summed E-state index contributed by atoms with van der Waals surface area (Å²) < 4.78 is 10.9. The molecule has 8 heteroatoms. The van der Waals surface area contributed by atoms with Crippen molar-refractivity contribution < 1.29 is 9.47 Å². The SMILES string of the molecule is Clc1nc(Cl)c(Cl)c(Nc2ccc3c(c2)OCCO3)n1. The van der Waals surface area contributed by atoms with E-state index in [9.17, 15) is 0 Å². The Balaban J connectivity index is 1.91. The van der Waals surface area contributed by atoms with Crippen LogP contribution in [0.3, 0.4) is 0 Å². The van der Waals surface area contributed by atoms with Crippen molar-refractivity contribution in [3.05, 3.63) is 33.7 Å². The van der Waals surface area contributed by atoms with Gasteiger partial charge >= 0.3 is 0 Å². The minimum absolute atomic E-state index is 0.0134. The van der Waals surface area contributed by atoms with Crippen molar-refractivity contribution in [3.8, 4) is 11.5 Å². The molecular formula is C12H8Cl3N3O2. The third-order valence-corrected chi connectivity index (χ3v) is 3.49. The first-order valence-corrected chi connectivity index (χ1v) is 6.82. The number of fused-ring (bicyclic) bond motifs is 1. The van der Waals surface area contributed by atoms with Crippen molar-refractivity contribution >= 4 is 46.3 Å². The van der Waals surface area contributed by atoms with Gasteiger partial charge in [-0.15, -0.1) is 0 Å². The topological polar surface area (TPSA) is 56.3 Å². The van der Waals surface area contributed by atoms with Gasteiger partial charge in [-0.3, -0.25) is 0 Å². The molecule has 1 N–H and O–H groups in total. The first-order valence-electron chi connectivity index (χ1n) is 5.69. The van der Waals surface area contributed by atoms with E-state index in [4.69, 9.17) is 44.3 Å². The number of aromatic nitrogens is 2. The lowest BCUT2D eigenvalue weighted by molar-refractivity contribution is 0.171. The summed E-state index contributed by atoms with van der Waals surface area (Å²) in [5.74, 6) is 1.68. The molecule has 0 amide bonds. The molecule has 3 rings (SSSR count). The van der Waals surface area contributed by atoms with Gasteiger partial charge in [0.15, 0.2) is 22.5 Å². The molecule has 0 fully saturated rings. The van der Waals surface area contributed by atoms with Crippen LogP contribution in [0.15, 0.2) is 18.2 Å². The number of anilines is 2. The van der Waals surface area contributed by atoms with Gasteiger partial charge in [0.2, 0.25) is 5.28 Å². The maximum atomic E-state index is 6.02. The van der Waals surface area contributed by atoms with E-state index in [-0.39, 0.29) is 15.5 Å². The summed E-state index contributed by atoms with van der Waals surface area (Å²) in [7, 11) is 0. The third kappa shape index (κ3) is 2.70. The fraction of sp³-hybridized carbons (Fsp3) is 0.167. The maximum Gasteiger partial charge on any atom is 0.225 e. The predicted octanol–water partition coefficient (Wildman–Crippen LogP) is 3.95. The molecule has 0 saturated carbocycles. The molecule has 5 nitrogen and oxygen atoms in total. The monoisotopic (exact) mass is 331 g/mol. The maximum absolute atomic E-state index is 6.02. The van der Waals surface area contributed by atoms with Gasteiger partial charge in [0.05, 0.1) is 0 Å². The van der Waals surface area contributed by atoms with E-state index >= 15 is 0 Å². The lowest BCUT2D eigenvalue weighted by Gasteiger charge is -2.19. The predicted molar refractivity (Wildman–Crippen MR) is 77.8 cm³/mol. The molecule has 1 aliphatic heterocycles. The normalized spacial score (nSPS) is 13.2. The number of hydrogen-bond acceptors (Lipinski definition) is 5. The van der Waals surface area contributed by atoms with Crippen LogP contribution < -0.4 is 14.8 Å². The van der Waals surface area contributed by atoms with Crippen LogP contribution in [-0.2, 0) is 0 Å². The molecular weight excluding hydrogens is 325 g/mol. The standard InChI is InChI=1S/C12H8Cl3N3O2/c13-9-10(14)17-12(15)18-11(9)16-6-1-2-7-8(5-6)20-4-3-19-7/h1-2,5H,3-4H2,(H,16,17,18). The lowest BCUT2D eigenvalue weighted by Crippen LogP contribution is -2.15. The Morgan fingerprint density at radius 3 is 2.55 bits per heavy atom. The van der Waals surface area contributed by atoms with Crippen molar-refractivity contribution in [2.24, 2.45) is 0 Å². The van der Waals surface area contributed by atoms with Gasteiger partial charge in [0.25, 0.3) is 0 Å². The molecule has 0 atom stereocenters. The zero-order chi connectivity index (χ0) is 14.1. The van der Waals surface area contributed by atoms with Crippen molar-refractivity contribution in [2.45, 2.75) is 0 Å². The van der Waals surface area contributed by atoms with Crippen molar-refractivity contribution in [1.29, 1.82) is 0 Å². The van der Waals surface area contributed by atoms with E-state index in [2.05, 4.69) is 15.3 Å². The van der Waals surface area contributed by atoms with E-state index < -0.39 is 0 Å². The second-order valence-electron chi connectivity index (χ2n) is 3.93. The Labute approximate surface area is 129 Å². The van der Waals surface area contributed by atoms with Gasteiger partial charge in [-0.25, -0.2) is 4.98 Å². The van der Waals surface area contributed by atoms with Crippen LogP contribution in [0.2, 0.25) is 15.5 Å². The molecule has 1 aromatic heterocycles. The highest BCUT2D eigenvalue weighted by molar-refractivity contribution is 6.43. The number of hydrogen-bond donors (Lipinski definition) is 1. The average Bonchev–Trinajstić information content (AvgIpc) is 2.44. The Kier molecular flexibility index (Phi) is 3.74. The zero-order valence-corrected chi connectivity index (χ0v) is 12.3. The van der Waals surface area contributed by atoms with Gasteiger partial charge in [-0.2, -0.15) is 4.98 Å². The Morgan fingerprint density at radius 2 is 1.75 bits per heavy atom. The van der Waals surface area contributed by atoms with Crippen LogP contribution in [0, 0.1) is 0 Å². The number of benzene rings is 1. The quantitative estimate of drug-likeness (QED) is 0.666. The minimum atomic E-state index is 0.0134. The molecule has 104 valence electrons. The molecule has 2 aromatic rings. The third-order valence-electron chi connectivity index (χ3n) is 2.59. The number of ether oxygens (including phenoxy) is 2. The fourth-order valence-corrected chi connectivity index (χ4v) is 2.25. The van der Waals surface area contributed by atoms with Gasteiger partial charge in [0.1, 0.15) is 18.2 Å². The van der Waals surface area contributed by atoms with Crippen molar-refractivity contribution in [1.82, 2.24) is 9.97 Å². The highest BCUT2D eigenvalue weighted by Crippen LogP contribution is 2.35. The highest BCUT2D eigenvalue weighted by atomic mass is 35.5. The smallest absolute Gasteiger partial charge is 0.225 e. The number of nitrogens with one attached hydrogen (secondary N) is 1. The minimum Gasteiger partial charge on any atom is -0.486 e. The summed E-state index contributed by atoms with van der Waals surface area (Å²) in [5, 5.41) is 3.32. The Hall–Kier alpha value is -1.43. The number of halogens is 3. The van der Waals surface area contributed by atoms with E-state index in [1.54, 1.807) is 12.1 Å². The summed E-state index contributed by atoms with van der Waals surface area (Å²) in [4.78, 5) is 7.74. The molecule has 0 aliphatic carbocycles. The molecule has 0 saturated heterocycles. The Bertz CT molecular complexity index is 667. The van der Waals surface area contributed by atoms with Crippen LogP contribution in [-0.4, -0.2) is 23.2 Å². The first kappa shape index (κ1) is 13.5. The average molecular weight is 333 g/mol. The van der Waals surface area contributed by atoms with Crippen LogP contribution in [0.4, 0.5) is 11.5 Å². The highest BCUT2D eigenvalue weighted by Gasteiger charge is 2.14. The summed E-state index contributed by atoms with van der Waals surface area (Å²) in [6.45, 7) is 1.06. The molecule has 0 spiro atoms. The fourth-order valence-electron chi connectivity index (χ4n) is 1.73. The first-order chi connectivity index (χ1) is 9.63. The van der Waals surface area contributed by atoms with E-state index in [1.807, 2.05) is 6.07 Å². The van der Waals surface area contributed by atoms with Crippen LogP contribution in [0.1, 0.15) is 0 Å². The van der Waals surface area contributed by atoms with Crippen molar-refractivity contribution in [2.75, 3.05) is 18.5 Å². The van der Waals surface area contributed by atoms with Crippen molar-refractivity contribution in [3.63, 3.8) is 0 Å². The largest absolute Gasteiger partial charge is 0.486 e. The van der Waals surface area contributed by atoms with E-state index in [1.165, 1.54) is 0 Å². The van der Waals surface area contributed by atoms with Gasteiger partial charge in [0, 0.05) is 11.8 Å². The van der Waals surface area contributed by atoms with Gasteiger partial charge in [-0.1, -0.05) is 23.2 Å². The van der Waals surface area contributed by atoms with Gasteiger partial charge in [-0.05, 0) is 23.7 Å². The van der Waals surface area contributed by atoms with E-state index in [0.717, 1.165) is 5.69 Å². The molecule has 0 bridgehead atoms. The van der Waals surface area contributed by atoms with Crippen LogP contribution in [0.25, 0.3) is 0 Å². The lowest BCUT2D eigenvalue weighted by atomic mass is 10.2. The molecule has 1 aromatic carbocycles. The molecule has 0 unspecified atom stereocenters. The Morgan fingerprint density at radius 1 is 1.00 bits per heavy atom. The number of rotatable bonds is 2. The summed E-state index contributed by atoms with van der Waals surface area (Å²) in [6.07, 6.45) is 0. The molecule has 20 heavy (non-hydrogen) atoms. The molecule has 1 aliphatic rings. The molecule has 0 radical (unpaired) electrons. The second kappa shape index (κ2) is 5.52. The molecule has 2 heterocycles. The number of nitrogens with zero attached hydrogens (tertiary/aromatic N) is 2. The summed E-state index contributed by atoms with van der Waals surface area (Å²) in [6, 6.07) is 5.40.